The molecule has 6 aliphatic carbocycles. The van der Waals surface area contributed by atoms with Gasteiger partial charge in [-0.25, -0.2) is 0 Å². The maximum Gasteiger partial charge on any atom is 0.317 e. The maximum absolute atomic E-state index is 13.1. The topological polar surface area (TPSA) is 105 Å². The zero-order valence-corrected chi connectivity index (χ0v) is 27.2. The Bertz CT molecular complexity index is 1080. The van der Waals surface area contributed by atoms with Crippen molar-refractivity contribution in [3.05, 3.63) is 0 Å². The van der Waals surface area contributed by atoms with E-state index in [1.54, 1.807) is 0 Å². The zero-order valence-electron chi connectivity index (χ0n) is 27.2. The molecule has 0 aliphatic heterocycles. The summed E-state index contributed by atoms with van der Waals surface area (Å²) in [6.45, 7) is 6.69. The molecule has 0 N–H and O–H groups in total. The van der Waals surface area contributed by atoms with Crippen LogP contribution in [0.15, 0.2) is 0 Å². The van der Waals surface area contributed by atoms with Crippen LogP contribution in [0.2, 0.25) is 0 Å². The van der Waals surface area contributed by atoms with Crippen LogP contribution < -0.4 is 0 Å². The summed E-state index contributed by atoms with van der Waals surface area (Å²) < 4.78 is 23.7. The predicted molar refractivity (Wildman–Crippen MR) is 162 cm³/mol. The second-order valence-corrected chi connectivity index (χ2v) is 16.5. The summed E-state index contributed by atoms with van der Waals surface area (Å²) in [5.41, 5.74) is -1.19. The Morgan fingerprint density at radius 3 is 1.73 bits per heavy atom. The molecule has 6 saturated carbocycles. The Hall–Kier alpha value is -2.12. The van der Waals surface area contributed by atoms with E-state index >= 15 is 0 Å². The molecule has 0 spiro atoms. The van der Waals surface area contributed by atoms with Crippen molar-refractivity contribution in [3.63, 3.8) is 0 Å². The highest BCUT2D eigenvalue weighted by Gasteiger charge is 2.50. The summed E-state index contributed by atoms with van der Waals surface area (Å²) in [5, 5.41) is 0. The highest BCUT2D eigenvalue weighted by molar-refractivity contribution is 5.92. The van der Waals surface area contributed by atoms with Gasteiger partial charge in [0, 0.05) is 6.42 Å². The Kier molecular flexibility index (Phi) is 9.37. The lowest BCUT2D eigenvalue weighted by Gasteiger charge is -2.49. The number of ether oxygens (including phenoxy) is 4. The third kappa shape index (κ3) is 7.81. The van der Waals surface area contributed by atoms with Crippen LogP contribution in [-0.2, 0) is 38.1 Å². The van der Waals surface area contributed by atoms with Crippen molar-refractivity contribution in [2.75, 3.05) is 0 Å². The number of rotatable bonds is 8. The molecule has 9 unspecified atom stereocenters. The molecule has 9 atom stereocenters. The average molecular weight is 615 g/mol. The molecule has 0 aromatic heterocycles. The average Bonchev–Trinajstić information content (AvgIpc) is 2.85. The molecule has 8 nitrogen and oxygen atoms in total. The standard InChI is InChI=1S/C36H54O8/c1-22-7-26-11-27(8-22)13-29(12-26)41-31(37)15-34(40)44-36-18-24(3)10-28(20-36)14-30(21-36)42-32(38)16-33(39)43-35-6-4-5-25(19-35)9-23(2)17-35/h22-30H,4-21H2,1-3H3. The van der Waals surface area contributed by atoms with Crippen LogP contribution in [0.4, 0.5) is 0 Å². The van der Waals surface area contributed by atoms with Crippen LogP contribution in [-0.4, -0.2) is 47.3 Å². The first-order chi connectivity index (χ1) is 20.9. The lowest BCUT2D eigenvalue weighted by atomic mass is 9.64. The fourth-order valence-electron chi connectivity index (χ4n) is 11.1. The second kappa shape index (κ2) is 12.9. The van der Waals surface area contributed by atoms with Gasteiger partial charge in [-0.05, 0) is 131 Å². The third-order valence-corrected chi connectivity index (χ3v) is 11.8. The van der Waals surface area contributed by atoms with E-state index in [1.165, 1.54) is 32.1 Å². The van der Waals surface area contributed by atoms with Gasteiger partial charge in [0.05, 0.1) is 0 Å². The van der Waals surface area contributed by atoms with Gasteiger partial charge in [0.25, 0.3) is 0 Å². The van der Waals surface area contributed by atoms with E-state index in [0.29, 0.717) is 55.3 Å². The van der Waals surface area contributed by atoms with Crippen molar-refractivity contribution in [1.82, 2.24) is 0 Å². The van der Waals surface area contributed by atoms with Crippen LogP contribution in [0, 0.1) is 41.4 Å². The number of carbonyl (C=O) groups is 4. The molecule has 0 saturated heterocycles. The lowest BCUT2D eigenvalue weighted by Crippen LogP contribution is -2.50. The monoisotopic (exact) mass is 614 g/mol. The third-order valence-electron chi connectivity index (χ3n) is 11.8. The molecular weight excluding hydrogens is 560 g/mol. The second-order valence-electron chi connectivity index (χ2n) is 16.5. The van der Waals surface area contributed by atoms with Gasteiger partial charge in [0.1, 0.15) is 36.3 Å². The Labute approximate surface area is 263 Å². The highest BCUT2D eigenvalue weighted by Crippen LogP contribution is 2.50. The van der Waals surface area contributed by atoms with E-state index in [0.717, 1.165) is 50.9 Å². The number of fused-ring (bicyclic) bond motifs is 6. The minimum Gasteiger partial charge on any atom is -0.462 e. The van der Waals surface area contributed by atoms with Crippen LogP contribution in [0.1, 0.15) is 136 Å². The first-order valence-electron chi connectivity index (χ1n) is 17.8. The molecule has 0 heterocycles. The van der Waals surface area contributed by atoms with Crippen LogP contribution >= 0.6 is 0 Å². The normalized spacial score (nSPS) is 42.8. The fraction of sp³-hybridized carbons (Fsp3) is 0.889. The smallest absolute Gasteiger partial charge is 0.317 e. The van der Waals surface area contributed by atoms with Gasteiger partial charge in [0.15, 0.2) is 0 Å². The van der Waals surface area contributed by atoms with Crippen molar-refractivity contribution in [2.24, 2.45) is 41.4 Å². The summed E-state index contributed by atoms with van der Waals surface area (Å²) in [6, 6.07) is 0. The minimum atomic E-state index is -0.768. The van der Waals surface area contributed by atoms with Crippen molar-refractivity contribution < 1.29 is 38.1 Å². The quantitative estimate of drug-likeness (QED) is 0.166. The van der Waals surface area contributed by atoms with Crippen molar-refractivity contribution in [3.8, 4) is 0 Å². The molecule has 0 radical (unpaired) electrons. The molecule has 246 valence electrons. The minimum absolute atomic E-state index is 0.102. The molecule has 6 aliphatic rings. The first-order valence-corrected chi connectivity index (χ1v) is 17.8. The lowest BCUT2D eigenvalue weighted by molar-refractivity contribution is -0.188. The van der Waals surface area contributed by atoms with Crippen LogP contribution in [0.5, 0.6) is 0 Å². The summed E-state index contributed by atoms with van der Waals surface area (Å²) in [7, 11) is 0. The number of hydrogen-bond acceptors (Lipinski definition) is 8. The van der Waals surface area contributed by atoms with E-state index in [9.17, 15) is 19.2 Å². The molecule has 0 amide bonds. The summed E-state index contributed by atoms with van der Waals surface area (Å²) in [4.78, 5) is 51.7. The van der Waals surface area contributed by atoms with E-state index in [-0.39, 0.29) is 18.4 Å². The number of hydrogen-bond donors (Lipinski definition) is 0. The van der Waals surface area contributed by atoms with E-state index < -0.39 is 47.6 Å². The first kappa shape index (κ1) is 31.8. The van der Waals surface area contributed by atoms with Crippen LogP contribution in [0.25, 0.3) is 0 Å². The molecular formula is C36H54O8. The van der Waals surface area contributed by atoms with E-state index in [1.807, 2.05) is 0 Å². The Balaban J connectivity index is 0.994. The van der Waals surface area contributed by atoms with Gasteiger partial charge in [0.2, 0.25) is 0 Å². The number of esters is 4. The molecule has 6 bridgehead atoms. The van der Waals surface area contributed by atoms with Gasteiger partial charge in [-0.2, -0.15) is 0 Å². The highest BCUT2D eigenvalue weighted by atomic mass is 16.6. The molecule has 6 fully saturated rings. The van der Waals surface area contributed by atoms with Crippen molar-refractivity contribution >= 4 is 23.9 Å². The van der Waals surface area contributed by atoms with Gasteiger partial charge < -0.3 is 18.9 Å². The summed E-state index contributed by atoms with van der Waals surface area (Å²) in [6.07, 6.45) is 13.6. The molecule has 8 heteroatoms. The molecule has 44 heavy (non-hydrogen) atoms. The predicted octanol–water partition coefficient (Wildman–Crippen LogP) is 6.85. The molecule has 0 aromatic rings. The van der Waals surface area contributed by atoms with Gasteiger partial charge in [-0.1, -0.05) is 27.2 Å². The van der Waals surface area contributed by atoms with E-state index in [4.69, 9.17) is 18.9 Å². The summed E-state index contributed by atoms with van der Waals surface area (Å²) in [5.74, 6) is 1.58. The molecule has 0 aromatic carbocycles. The van der Waals surface area contributed by atoms with Gasteiger partial charge in [-0.15, -0.1) is 0 Å². The van der Waals surface area contributed by atoms with Gasteiger partial charge in [-0.3, -0.25) is 19.2 Å². The zero-order chi connectivity index (χ0) is 31.1. The van der Waals surface area contributed by atoms with E-state index in [2.05, 4.69) is 20.8 Å². The Morgan fingerprint density at radius 1 is 0.523 bits per heavy atom. The molecule has 6 rings (SSSR count). The van der Waals surface area contributed by atoms with Gasteiger partial charge >= 0.3 is 23.9 Å². The SMILES string of the molecule is CC1CC2CC(C1)CC(OC(=O)CC(=O)OC13CC(C)CC(CC(OC(=O)CC(=O)OC45CCCC(CC(C)C4)C5)C1)C3)C2. The van der Waals surface area contributed by atoms with Crippen molar-refractivity contribution in [1.29, 1.82) is 0 Å². The van der Waals surface area contributed by atoms with Crippen molar-refractivity contribution in [2.45, 2.75) is 160 Å². The number of carbonyl (C=O) groups excluding carboxylic acids is 4. The largest absolute Gasteiger partial charge is 0.462 e. The fourth-order valence-corrected chi connectivity index (χ4v) is 11.1. The van der Waals surface area contributed by atoms with Crippen LogP contribution in [0.3, 0.4) is 0 Å². The maximum atomic E-state index is 13.1. The Morgan fingerprint density at radius 2 is 1.05 bits per heavy atom. The summed E-state index contributed by atoms with van der Waals surface area (Å²) >= 11 is 0.